The molecule has 1 rings (SSSR count). The fourth-order valence-electron chi connectivity index (χ4n) is 1.68. The first-order valence-electron chi connectivity index (χ1n) is 5.63. The van der Waals surface area contributed by atoms with Crippen molar-refractivity contribution in [3.8, 4) is 0 Å². The van der Waals surface area contributed by atoms with Gasteiger partial charge in [-0.15, -0.1) is 0 Å². The van der Waals surface area contributed by atoms with E-state index in [1.165, 1.54) is 5.56 Å². The Morgan fingerprint density at radius 2 is 2.06 bits per heavy atom. The highest BCUT2D eigenvalue weighted by Gasteiger charge is 2.04. The maximum Gasteiger partial charge on any atom is 0.214 e. The van der Waals surface area contributed by atoms with Crippen LogP contribution < -0.4 is 4.90 Å². The first-order valence-corrected chi connectivity index (χ1v) is 5.63. The van der Waals surface area contributed by atoms with Gasteiger partial charge in [-0.3, -0.25) is 4.79 Å². The second-order valence-corrected chi connectivity index (χ2v) is 4.21. The first kappa shape index (κ1) is 12.7. The third-order valence-corrected chi connectivity index (χ3v) is 2.33. The predicted octanol–water partition coefficient (Wildman–Crippen LogP) is 2.12. The Morgan fingerprint density at radius 3 is 2.62 bits per heavy atom. The summed E-state index contributed by atoms with van der Waals surface area (Å²) in [7, 11) is 4.08. The lowest BCUT2D eigenvalue weighted by atomic mass is 10.2. The fraction of sp³-hybridized carbons (Fsp3) is 0.462. The molecule has 0 aromatic heterocycles. The van der Waals surface area contributed by atoms with E-state index in [0.717, 1.165) is 31.6 Å². The van der Waals surface area contributed by atoms with Gasteiger partial charge in [-0.1, -0.05) is 19.1 Å². The molecule has 0 heterocycles. The standard InChI is InChI=1S/C13H20N2O/c1-4-8-15(11-16)13-7-5-6-12(9-13)10-14(2)3/h5-7,9,11H,4,8,10H2,1-3H3. The van der Waals surface area contributed by atoms with Gasteiger partial charge in [0.05, 0.1) is 0 Å². The van der Waals surface area contributed by atoms with Crippen molar-refractivity contribution in [2.45, 2.75) is 19.9 Å². The van der Waals surface area contributed by atoms with Gasteiger partial charge < -0.3 is 9.80 Å². The molecule has 0 radical (unpaired) electrons. The number of carbonyl (C=O) groups is 1. The fourth-order valence-corrected chi connectivity index (χ4v) is 1.68. The number of benzene rings is 1. The summed E-state index contributed by atoms with van der Waals surface area (Å²) in [5.74, 6) is 0. The van der Waals surface area contributed by atoms with Gasteiger partial charge in [0.1, 0.15) is 0 Å². The number of carbonyl (C=O) groups excluding carboxylic acids is 1. The Bertz CT molecular complexity index is 336. The molecule has 0 atom stereocenters. The van der Waals surface area contributed by atoms with Crippen LogP contribution in [0.5, 0.6) is 0 Å². The van der Waals surface area contributed by atoms with Crippen LogP contribution in [0.1, 0.15) is 18.9 Å². The molecule has 88 valence electrons. The van der Waals surface area contributed by atoms with Crippen LogP contribution in [-0.2, 0) is 11.3 Å². The number of nitrogens with zero attached hydrogens (tertiary/aromatic N) is 2. The van der Waals surface area contributed by atoms with Gasteiger partial charge >= 0.3 is 0 Å². The Labute approximate surface area is 97.7 Å². The van der Waals surface area contributed by atoms with Crippen LogP contribution in [0.25, 0.3) is 0 Å². The molecule has 0 aliphatic carbocycles. The number of hydrogen-bond donors (Lipinski definition) is 0. The maximum atomic E-state index is 10.9. The Kier molecular flexibility index (Phi) is 4.99. The van der Waals surface area contributed by atoms with Crippen LogP contribution >= 0.6 is 0 Å². The average Bonchev–Trinajstić information content (AvgIpc) is 2.25. The van der Waals surface area contributed by atoms with E-state index in [0.29, 0.717) is 0 Å². The van der Waals surface area contributed by atoms with E-state index in [1.807, 2.05) is 26.2 Å². The smallest absolute Gasteiger partial charge is 0.214 e. The second kappa shape index (κ2) is 6.28. The van der Waals surface area contributed by atoms with Crippen molar-refractivity contribution in [3.05, 3.63) is 29.8 Å². The molecule has 0 aliphatic rings. The molecule has 0 unspecified atom stereocenters. The summed E-state index contributed by atoms with van der Waals surface area (Å²) in [4.78, 5) is 14.8. The van der Waals surface area contributed by atoms with Crippen LogP contribution in [-0.4, -0.2) is 32.0 Å². The molecule has 0 aliphatic heterocycles. The quantitative estimate of drug-likeness (QED) is 0.686. The summed E-state index contributed by atoms with van der Waals surface area (Å²) in [5.41, 5.74) is 2.21. The van der Waals surface area contributed by atoms with Gasteiger partial charge in [-0.2, -0.15) is 0 Å². The zero-order valence-corrected chi connectivity index (χ0v) is 10.3. The molecule has 0 N–H and O–H groups in total. The van der Waals surface area contributed by atoms with Crippen molar-refractivity contribution >= 4 is 12.1 Å². The normalized spacial score (nSPS) is 10.5. The molecule has 3 nitrogen and oxygen atoms in total. The number of hydrogen-bond acceptors (Lipinski definition) is 2. The van der Waals surface area contributed by atoms with E-state index >= 15 is 0 Å². The summed E-state index contributed by atoms with van der Waals surface area (Å²) in [6, 6.07) is 8.13. The molecule has 0 saturated heterocycles. The van der Waals surface area contributed by atoms with E-state index in [2.05, 4.69) is 24.0 Å². The van der Waals surface area contributed by atoms with Crippen LogP contribution in [0.4, 0.5) is 5.69 Å². The molecular weight excluding hydrogens is 200 g/mol. The minimum absolute atomic E-state index is 0.773. The van der Waals surface area contributed by atoms with Crippen molar-refractivity contribution in [2.75, 3.05) is 25.5 Å². The summed E-state index contributed by atoms with van der Waals surface area (Å²) in [6.07, 6.45) is 1.87. The molecule has 0 bridgehead atoms. The van der Waals surface area contributed by atoms with Crippen LogP contribution in [0.3, 0.4) is 0 Å². The first-order chi connectivity index (χ1) is 7.67. The molecule has 0 saturated carbocycles. The minimum Gasteiger partial charge on any atom is -0.315 e. The third kappa shape index (κ3) is 3.66. The SMILES string of the molecule is CCCN(C=O)c1cccc(CN(C)C)c1. The zero-order valence-electron chi connectivity index (χ0n) is 10.3. The highest BCUT2D eigenvalue weighted by atomic mass is 16.1. The lowest BCUT2D eigenvalue weighted by Crippen LogP contribution is -2.22. The Morgan fingerprint density at radius 1 is 1.31 bits per heavy atom. The zero-order chi connectivity index (χ0) is 12.0. The monoisotopic (exact) mass is 220 g/mol. The van der Waals surface area contributed by atoms with Crippen LogP contribution in [0.2, 0.25) is 0 Å². The van der Waals surface area contributed by atoms with E-state index in [1.54, 1.807) is 4.90 Å². The van der Waals surface area contributed by atoms with Gasteiger partial charge in [-0.25, -0.2) is 0 Å². The molecular formula is C13H20N2O. The van der Waals surface area contributed by atoms with E-state index < -0.39 is 0 Å². The molecule has 1 amide bonds. The Balaban J connectivity index is 2.83. The molecule has 0 fully saturated rings. The largest absolute Gasteiger partial charge is 0.315 e. The minimum atomic E-state index is 0.773. The van der Waals surface area contributed by atoms with E-state index in [9.17, 15) is 4.79 Å². The van der Waals surface area contributed by atoms with Crippen molar-refractivity contribution < 1.29 is 4.79 Å². The lowest BCUT2D eigenvalue weighted by Gasteiger charge is -2.18. The molecule has 16 heavy (non-hydrogen) atoms. The maximum absolute atomic E-state index is 10.9. The van der Waals surface area contributed by atoms with Gasteiger partial charge in [0.2, 0.25) is 6.41 Å². The highest BCUT2D eigenvalue weighted by molar-refractivity contribution is 5.75. The van der Waals surface area contributed by atoms with Crippen LogP contribution in [0, 0.1) is 0 Å². The second-order valence-electron chi connectivity index (χ2n) is 4.21. The summed E-state index contributed by atoms with van der Waals surface area (Å²) < 4.78 is 0. The summed E-state index contributed by atoms with van der Waals surface area (Å²) >= 11 is 0. The van der Waals surface area contributed by atoms with Gasteiger partial charge in [0.25, 0.3) is 0 Å². The summed E-state index contributed by atoms with van der Waals surface area (Å²) in [6.45, 7) is 3.74. The van der Waals surface area contributed by atoms with Crippen molar-refractivity contribution in [1.29, 1.82) is 0 Å². The molecule has 1 aromatic carbocycles. The molecule has 0 spiro atoms. The van der Waals surface area contributed by atoms with E-state index in [-0.39, 0.29) is 0 Å². The van der Waals surface area contributed by atoms with Crippen molar-refractivity contribution in [1.82, 2.24) is 4.90 Å². The topological polar surface area (TPSA) is 23.6 Å². The molecule has 1 aromatic rings. The van der Waals surface area contributed by atoms with Crippen molar-refractivity contribution in [2.24, 2.45) is 0 Å². The van der Waals surface area contributed by atoms with E-state index in [4.69, 9.17) is 0 Å². The van der Waals surface area contributed by atoms with Gasteiger partial charge in [0.15, 0.2) is 0 Å². The number of rotatable bonds is 6. The highest BCUT2D eigenvalue weighted by Crippen LogP contribution is 2.16. The van der Waals surface area contributed by atoms with Crippen molar-refractivity contribution in [3.63, 3.8) is 0 Å². The van der Waals surface area contributed by atoms with Crippen LogP contribution in [0.15, 0.2) is 24.3 Å². The lowest BCUT2D eigenvalue weighted by molar-refractivity contribution is -0.107. The summed E-state index contributed by atoms with van der Waals surface area (Å²) in [5, 5.41) is 0. The number of amides is 1. The van der Waals surface area contributed by atoms with Gasteiger partial charge in [-0.05, 0) is 38.2 Å². The Hall–Kier alpha value is -1.35. The third-order valence-electron chi connectivity index (χ3n) is 2.33. The predicted molar refractivity (Wildman–Crippen MR) is 67.5 cm³/mol. The number of anilines is 1. The van der Waals surface area contributed by atoms with Gasteiger partial charge in [0, 0.05) is 18.8 Å². The molecule has 3 heteroatoms. The average molecular weight is 220 g/mol.